The molecule has 19 heavy (non-hydrogen) atoms. The van der Waals surface area contributed by atoms with Crippen LogP contribution in [0, 0.1) is 12.8 Å². The molecule has 0 radical (unpaired) electrons. The Hall–Kier alpha value is -1.51. The Kier molecular flexibility index (Phi) is 5.87. The first kappa shape index (κ1) is 15.5. The molecular formula is C16H26N2O. The van der Waals surface area contributed by atoms with Crippen LogP contribution in [0.2, 0.25) is 0 Å². The number of hydrogen-bond acceptors (Lipinski definition) is 2. The second kappa shape index (κ2) is 7.17. The van der Waals surface area contributed by atoms with Gasteiger partial charge in [-0.05, 0) is 38.3 Å². The van der Waals surface area contributed by atoms with Gasteiger partial charge in [0.05, 0.1) is 5.56 Å². The Balaban J connectivity index is 2.87. The van der Waals surface area contributed by atoms with Crippen LogP contribution in [0.15, 0.2) is 18.2 Å². The lowest BCUT2D eigenvalue weighted by molar-refractivity contribution is 0.0790. The van der Waals surface area contributed by atoms with Gasteiger partial charge < -0.3 is 10.2 Å². The highest BCUT2D eigenvalue weighted by molar-refractivity contribution is 5.99. The Bertz CT molecular complexity index is 427. The summed E-state index contributed by atoms with van der Waals surface area (Å²) in [5, 5.41) is 3.26. The lowest BCUT2D eigenvalue weighted by Gasteiger charge is -2.20. The molecule has 0 aliphatic carbocycles. The Labute approximate surface area is 117 Å². The van der Waals surface area contributed by atoms with E-state index in [2.05, 4.69) is 19.2 Å². The molecule has 106 valence electrons. The molecule has 0 bridgehead atoms. The van der Waals surface area contributed by atoms with E-state index in [4.69, 9.17) is 0 Å². The van der Waals surface area contributed by atoms with Crippen LogP contribution >= 0.6 is 0 Å². The minimum atomic E-state index is 0.0975. The largest absolute Gasteiger partial charge is 0.385 e. The van der Waals surface area contributed by atoms with Crippen LogP contribution in [0.5, 0.6) is 0 Å². The fourth-order valence-corrected chi connectivity index (χ4v) is 1.94. The van der Waals surface area contributed by atoms with Crippen LogP contribution in [-0.4, -0.2) is 30.9 Å². The molecule has 0 saturated heterocycles. The first-order valence-electron chi connectivity index (χ1n) is 7.05. The summed E-state index contributed by atoms with van der Waals surface area (Å²) in [6.07, 6.45) is 1.03. The number of benzene rings is 1. The summed E-state index contributed by atoms with van der Waals surface area (Å²) in [7, 11) is 1.88. The van der Waals surface area contributed by atoms with E-state index in [9.17, 15) is 4.79 Å². The van der Waals surface area contributed by atoms with Crippen molar-refractivity contribution >= 4 is 11.6 Å². The normalized spacial score (nSPS) is 10.6. The van der Waals surface area contributed by atoms with Gasteiger partial charge in [0.1, 0.15) is 0 Å². The molecule has 3 nitrogen and oxygen atoms in total. The monoisotopic (exact) mass is 262 g/mol. The average Bonchev–Trinajstić information content (AvgIpc) is 2.37. The minimum absolute atomic E-state index is 0.0975. The lowest BCUT2D eigenvalue weighted by atomic mass is 10.1. The molecule has 1 amide bonds. The highest BCUT2D eigenvalue weighted by Crippen LogP contribution is 2.19. The fraction of sp³-hybridized carbons (Fsp3) is 0.562. The van der Waals surface area contributed by atoms with Crippen molar-refractivity contribution in [2.75, 3.05) is 25.5 Å². The Morgan fingerprint density at radius 1 is 1.37 bits per heavy atom. The van der Waals surface area contributed by atoms with Gasteiger partial charge in [0.25, 0.3) is 5.91 Å². The van der Waals surface area contributed by atoms with E-state index in [1.165, 1.54) is 0 Å². The van der Waals surface area contributed by atoms with Gasteiger partial charge in [-0.25, -0.2) is 0 Å². The van der Waals surface area contributed by atoms with Crippen molar-refractivity contribution in [1.82, 2.24) is 4.90 Å². The van der Waals surface area contributed by atoms with Crippen molar-refractivity contribution in [1.29, 1.82) is 0 Å². The van der Waals surface area contributed by atoms with Crippen molar-refractivity contribution in [2.45, 2.75) is 34.1 Å². The summed E-state index contributed by atoms with van der Waals surface area (Å²) in [6, 6.07) is 5.98. The first-order valence-corrected chi connectivity index (χ1v) is 7.05. The molecule has 1 aromatic rings. The molecule has 1 rings (SSSR count). The van der Waals surface area contributed by atoms with E-state index < -0.39 is 0 Å². The third-order valence-corrected chi connectivity index (χ3v) is 3.16. The van der Waals surface area contributed by atoms with Gasteiger partial charge in [0.2, 0.25) is 0 Å². The zero-order valence-corrected chi connectivity index (χ0v) is 12.8. The molecule has 1 aromatic carbocycles. The van der Waals surface area contributed by atoms with Gasteiger partial charge in [-0.15, -0.1) is 0 Å². The molecule has 1 N–H and O–H groups in total. The predicted octanol–water partition coefficient (Wildman–Crippen LogP) is 3.54. The quantitative estimate of drug-likeness (QED) is 0.850. The number of carbonyl (C=O) groups is 1. The highest BCUT2D eigenvalue weighted by atomic mass is 16.2. The number of rotatable bonds is 6. The summed E-state index contributed by atoms with van der Waals surface area (Å²) in [6.45, 7) is 10.0. The van der Waals surface area contributed by atoms with Gasteiger partial charge in [0, 0.05) is 25.8 Å². The maximum absolute atomic E-state index is 12.5. The van der Waals surface area contributed by atoms with E-state index in [0.29, 0.717) is 5.92 Å². The van der Waals surface area contributed by atoms with Gasteiger partial charge in [-0.2, -0.15) is 0 Å². The molecule has 0 aromatic heterocycles. The summed E-state index contributed by atoms with van der Waals surface area (Å²) in [5.74, 6) is 0.710. The number of nitrogens with one attached hydrogen (secondary N) is 1. The molecule has 0 heterocycles. The van der Waals surface area contributed by atoms with Crippen LogP contribution in [0.3, 0.4) is 0 Å². The Morgan fingerprint density at radius 2 is 2.05 bits per heavy atom. The maximum atomic E-state index is 12.5. The third kappa shape index (κ3) is 4.58. The highest BCUT2D eigenvalue weighted by Gasteiger charge is 2.16. The number of nitrogens with zero attached hydrogens (tertiary/aromatic N) is 1. The summed E-state index contributed by atoms with van der Waals surface area (Å²) in [5.41, 5.74) is 2.81. The minimum Gasteiger partial charge on any atom is -0.385 e. The molecule has 0 unspecified atom stereocenters. The number of aryl methyl sites for hydroxylation is 1. The topological polar surface area (TPSA) is 32.3 Å². The fourth-order valence-electron chi connectivity index (χ4n) is 1.94. The molecule has 3 heteroatoms. The number of anilines is 1. The standard InChI is InChI=1S/C16H26N2O/c1-6-17-15-8-7-13(4)11-14(15)16(19)18(5)10-9-12(2)3/h7-8,11-12,17H,6,9-10H2,1-5H3. The number of hydrogen-bond donors (Lipinski definition) is 1. The Morgan fingerprint density at radius 3 is 2.63 bits per heavy atom. The second-order valence-corrected chi connectivity index (χ2v) is 5.49. The SMILES string of the molecule is CCNc1ccc(C)cc1C(=O)N(C)CCC(C)C. The van der Waals surface area contributed by atoms with Crippen LogP contribution in [-0.2, 0) is 0 Å². The third-order valence-electron chi connectivity index (χ3n) is 3.16. The van der Waals surface area contributed by atoms with Gasteiger partial charge in [0.15, 0.2) is 0 Å². The van der Waals surface area contributed by atoms with Gasteiger partial charge in [-0.1, -0.05) is 25.5 Å². The molecule has 0 aliphatic rings. The number of amides is 1. The molecule has 0 atom stereocenters. The molecule has 0 saturated carbocycles. The zero-order chi connectivity index (χ0) is 14.4. The smallest absolute Gasteiger partial charge is 0.255 e. The van der Waals surface area contributed by atoms with Crippen LogP contribution < -0.4 is 5.32 Å². The zero-order valence-electron chi connectivity index (χ0n) is 12.8. The summed E-state index contributed by atoms with van der Waals surface area (Å²) in [4.78, 5) is 14.3. The van der Waals surface area contributed by atoms with Gasteiger partial charge >= 0.3 is 0 Å². The van der Waals surface area contributed by atoms with Crippen molar-refractivity contribution in [3.05, 3.63) is 29.3 Å². The first-order chi connectivity index (χ1) is 8.95. The van der Waals surface area contributed by atoms with Gasteiger partial charge in [-0.3, -0.25) is 4.79 Å². The lowest BCUT2D eigenvalue weighted by Crippen LogP contribution is -2.29. The van der Waals surface area contributed by atoms with Crippen LogP contribution in [0.25, 0.3) is 0 Å². The van der Waals surface area contributed by atoms with Crippen molar-refractivity contribution in [3.8, 4) is 0 Å². The van der Waals surface area contributed by atoms with Crippen molar-refractivity contribution in [3.63, 3.8) is 0 Å². The average molecular weight is 262 g/mol. The maximum Gasteiger partial charge on any atom is 0.255 e. The summed E-state index contributed by atoms with van der Waals surface area (Å²) < 4.78 is 0. The van der Waals surface area contributed by atoms with E-state index in [-0.39, 0.29) is 5.91 Å². The van der Waals surface area contributed by atoms with Crippen molar-refractivity contribution in [2.24, 2.45) is 5.92 Å². The van der Waals surface area contributed by atoms with E-state index in [1.807, 2.05) is 44.0 Å². The molecular weight excluding hydrogens is 236 g/mol. The summed E-state index contributed by atoms with van der Waals surface area (Å²) >= 11 is 0. The second-order valence-electron chi connectivity index (χ2n) is 5.49. The van der Waals surface area contributed by atoms with Crippen molar-refractivity contribution < 1.29 is 4.79 Å². The number of carbonyl (C=O) groups excluding carboxylic acids is 1. The molecule has 0 fully saturated rings. The van der Waals surface area contributed by atoms with E-state index in [1.54, 1.807) is 0 Å². The molecule has 0 aliphatic heterocycles. The van der Waals surface area contributed by atoms with E-state index >= 15 is 0 Å². The predicted molar refractivity (Wildman–Crippen MR) is 81.8 cm³/mol. The van der Waals surface area contributed by atoms with E-state index in [0.717, 1.165) is 36.3 Å². The van der Waals surface area contributed by atoms with Crippen LogP contribution in [0.1, 0.15) is 43.1 Å². The van der Waals surface area contributed by atoms with Crippen LogP contribution in [0.4, 0.5) is 5.69 Å². The molecule has 0 spiro atoms.